The summed E-state index contributed by atoms with van der Waals surface area (Å²) in [6, 6.07) is 5.16. The lowest BCUT2D eigenvalue weighted by Gasteiger charge is -2.31. The molecule has 6 heteroatoms. The average molecular weight is 341 g/mol. The van der Waals surface area contributed by atoms with Crippen LogP contribution in [0.4, 0.5) is 5.69 Å². The van der Waals surface area contributed by atoms with Crippen molar-refractivity contribution in [3.05, 3.63) is 28.2 Å². The number of hydrogen-bond acceptors (Lipinski definition) is 3. The SMILES string of the molecule is Nc1ccc(Br)c(C(=O)N2CCC(CC(=O)O)CC2)c1. The number of piperidine rings is 1. The molecule has 0 atom stereocenters. The Morgan fingerprint density at radius 3 is 2.60 bits per heavy atom. The van der Waals surface area contributed by atoms with Gasteiger partial charge in [-0.1, -0.05) is 0 Å². The summed E-state index contributed by atoms with van der Waals surface area (Å²) in [5.74, 6) is -0.660. The highest BCUT2D eigenvalue weighted by Crippen LogP contribution is 2.25. The number of carboxylic acid groups (broad SMARTS) is 1. The Morgan fingerprint density at radius 2 is 2.00 bits per heavy atom. The molecule has 1 aromatic carbocycles. The van der Waals surface area contributed by atoms with Crippen molar-refractivity contribution in [1.82, 2.24) is 4.90 Å². The summed E-state index contributed by atoms with van der Waals surface area (Å²) in [6.07, 6.45) is 1.65. The third kappa shape index (κ3) is 3.50. The normalized spacial score (nSPS) is 16.1. The van der Waals surface area contributed by atoms with E-state index in [1.807, 2.05) is 0 Å². The molecule has 2 rings (SSSR count). The van der Waals surface area contributed by atoms with Crippen molar-refractivity contribution in [1.29, 1.82) is 0 Å². The van der Waals surface area contributed by atoms with Crippen LogP contribution in [0.15, 0.2) is 22.7 Å². The Kier molecular flexibility index (Phi) is 4.65. The number of halogens is 1. The van der Waals surface area contributed by atoms with Crippen molar-refractivity contribution in [3.8, 4) is 0 Å². The predicted molar refractivity (Wildman–Crippen MR) is 79.4 cm³/mol. The number of nitrogen functional groups attached to an aromatic ring is 1. The van der Waals surface area contributed by atoms with Gasteiger partial charge in [0.15, 0.2) is 0 Å². The minimum absolute atomic E-state index is 0.0575. The quantitative estimate of drug-likeness (QED) is 0.827. The van der Waals surface area contributed by atoms with Crippen LogP contribution in [0.1, 0.15) is 29.6 Å². The molecule has 0 aromatic heterocycles. The number of benzene rings is 1. The number of likely N-dealkylation sites (tertiary alicyclic amines) is 1. The van der Waals surface area contributed by atoms with Gasteiger partial charge < -0.3 is 15.7 Å². The summed E-state index contributed by atoms with van der Waals surface area (Å²) in [4.78, 5) is 24.9. The van der Waals surface area contributed by atoms with Gasteiger partial charge in [0.2, 0.25) is 0 Å². The van der Waals surface area contributed by atoms with Crippen LogP contribution >= 0.6 is 15.9 Å². The van der Waals surface area contributed by atoms with Gasteiger partial charge in [0, 0.05) is 29.7 Å². The largest absolute Gasteiger partial charge is 0.481 e. The van der Waals surface area contributed by atoms with E-state index in [2.05, 4.69) is 15.9 Å². The Morgan fingerprint density at radius 1 is 1.35 bits per heavy atom. The highest BCUT2D eigenvalue weighted by atomic mass is 79.9. The van der Waals surface area contributed by atoms with E-state index in [1.165, 1.54) is 0 Å². The lowest BCUT2D eigenvalue weighted by atomic mass is 9.93. The average Bonchev–Trinajstić information content (AvgIpc) is 2.41. The number of nitrogens with two attached hydrogens (primary N) is 1. The zero-order valence-corrected chi connectivity index (χ0v) is 12.6. The molecule has 0 aliphatic carbocycles. The van der Waals surface area contributed by atoms with E-state index in [1.54, 1.807) is 23.1 Å². The lowest BCUT2D eigenvalue weighted by molar-refractivity contribution is -0.138. The van der Waals surface area contributed by atoms with E-state index < -0.39 is 5.97 Å². The number of hydrogen-bond donors (Lipinski definition) is 2. The van der Waals surface area contributed by atoms with E-state index in [4.69, 9.17) is 10.8 Å². The third-order valence-electron chi connectivity index (χ3n) is 3.59. The first-order chi connectivity index (χ1) is 9.47. The van der Waals surface area contributed by atoms with Crippen LogP contribution in [0, 0.1) is 5.92 Å². The molecule has 5 nitrogen and oxygen atoms in total. The molecule has 1 heterocycles. The first-order valence-corrected chi connectivity index (χ1v) is 7.32. The zero-order chi connectivity index (χ0) is 14.7. The number of aliphatic carboxylic acids is 1. The topological polar surface area (TPSA) is 83.6 Å². The number of carboxylic acids is 1. The fourth-order valence-electron chi connectivity index (χ4n) is 2.46. The molecule has 1 saturated heterocycles. The Bertz CT molecular complexity index is 525. The van der Waals surface area contributed by atoms with Gasteiger partial charge in [-0.05, 0) is 52.9 Å². The molecule has 3 N–H and O–H groups in total. The number of carbonyl (C=O) groups is 2. The second kappa shape index (κ2) is 6.26. The molecule has 1 fully saturated rings. The fourth-order valence-corrected chi connectivity index (χ4v) is 2.88. The maximum Gasteiger partial charge on any atom is 0.303 e. The highest BCUT2D eigenvalue weighted by molar-refractivity contribution is 9.10. The van der Waals surface area contributed by atoms with E-state index in [0.717, 1.165) is 17.3 Å². The van der Waals surface area contributed by atoms with Crippen molar-refractivity contribution >= 4 is 33.5 Å². The van der Waals surface area contributed by atoms with Gasteiger partial charge >= 0.3 is 5.97 Å². The fraction of sp³-hybridized carbons (Fsp3) is 0.429. The lowest BCUT2D eigenvalue weighted by Crippen LogP contribution is -2.39. The monoisotopic (exact) mass is 340 g/mol. The van der Waals surface area contributed by atoms with Crippen molar-refractivity contribution < 1.29 is 14.7 Å². The van der Waals surface area contributed by atoms with Crippen LogP contribution in [0.3, 0.4) is 0 Å². The minimum Gasteiger partial charge on any atom is -0.481 e. The summed E-state index contributed by atoms with van der Waals surface area (Å²) in [6.45, 7) is 1.19. The molecule has 1 aliphatic heterocycles. The van der Waals surface area contributed by atoms with E-state index >= 15 is 0 Å². The summed E-state index contributed by atoms with van der Waals surface area (Å²) in [5.41, 5.74) is 6.83. The van der Waals surface area contributed by atoms with Crippen LogP contribution < -0.4 is 5.73 Å². The summed E-state index contributed by atoms with van der Waals surface area (Å²) in [5, 5.41) is 8.79. The van der Waals surface area contributed by atoms with Crippen molar-refractivity contribution in [3.63, 3.8) is 0 Å². The van der Waals surface area contributed by atoms with Gasteiger partial charge in [0.25, 0.3) is 5.91 Å². The molecule has 0 spiro atoms. The van der Waals surface area contributed by atoms with Gasteiger partial charge in [-0.3, -0.25) is 9.59 Å². The van der Waals surface area contributed by atoms with Crippen molar-refractivity contribution in [2.75, 3.05) is 18.8 Å². The Balaban J connectivity index is 2.01. The molecule has 1 aliphatic rings. The number of amides is 1. The van der Waals surface area contributed by atoms with Gasteiger partial charge in [-0.2, -0.15) is 0 Å². The summed E-state index contributed by atoms with van der Waals surface area (Å²) >= 11 is 3.36. The third-order valence-corrected chi connectivity index (χ3v) is 4.28. The second-order valence-electron chi connectivity index (χ2n) is 5.07. The smallest absolute Gasteiger partial charge is 0.303 e. The van der Waals surface area contributed by atoms with Crippen LogP contribution in [-0.2, 0) is 4.79 Å². The molecule has 0 saturated carbocycles. The van der Waals surface area contributed by atoms with Gasteiger partial charge in [0.1, 0.15) is 0 Å². The van der Waals surface area contributed by atoms with Crippen LogP contribution in [0.25, 0.3) is 0 Å². The molecule has 1 amide bonds. The van der Waals surface area contributed by atoms with Crippen molar-refractivity contribution in [2.24, 2.45) is 5.92 Å². The second-order valence-corrected chi connectivity index (χ2v) is 5.93. The summed E-state index contributed by atoms with van der Waals surface area (Å²) < 4.78 is 0.726. The molecule has 0 unspecified atom stereocenters. The first kappa shape index (κ1) is 14.8. The number of rotatable bonds is 3. The minimum atomic E-state index is -0.770. The summed E-state index contributed by atoms with van der Waals surface area (Å²) in [7, 11) is 0. The maximum absolute atomic E-state index is 12.4. The number of anilines is 1. The van der Waals surface area contributed by atoms with Crippen LogP contribution in [0.5, 0.6) is 0 Å². The number of nitrogens with zero attached hydrogens (tertiary/aromatic N) is 1. The Hall–Kier alpha value is -1.56. The van der Waals surface area contributed by atoms with Gasteiger partial charge in [0.05, 0.1) is 5.56 Å². The Labute approximate surface area is 125 Å². The molecule has 108 valence electrons. The van der Waals surface area contributed by atoms with Gasteiger partial charge in [-0.15, -0.1) is 0 Å². The highest BCUT2D eigenvalue weighted by Gasteiger charge is 2.25. The molecular weight excluding hydrogens is 324 g/mol. The molecule has 0 bridgehead atoms. The van der Waals surface area contributed by atoms with Gasteiger partial charge in [-0.25, -0.2) is 0 Å². The molecular formula is C14H17BrN2O3. The zero-order valence-electron chi connectivity index (χ0n) is 11.0. The first-order valence-electron chi connectivity index (χ1n) is 6.53. The molecule has 1 aromatic rings. The molecule has 0 radical (unpaired) electrons. The number of carbonyl (C=O) groups excluding carboxylic acids is 1. The standard InChI is InChI=1S/C14H17BrN2O3/c15-12-2-1-10(16)8-11(12)14(20)17-5-3-9(4-6-17)7-13(18)19/h1-2,8-9H,3-7,16H2,(H,18,19). The van der Waals surface area contributed by atoms with E-state index in [0.29, 0.717) is 24.3 Å². The van der Waals surface area contributed by atoms with Crippen molar-refractivity contribution in [2.45, 2.75) is 19.3 Å². The van der Waals surface area contributed by atoms with E-state index in [9.17, 15) is 9.59 Å². The van der Waals surface area contributed by atoms with Crippen LogP contribution in [0.2, 0.25) is 0 Å². The maximum atomic E-state index is 12.4. The predicted octanol–water partition coefficient (Wildman–Crippen LogP) is 2.36. The van der Waals surface area contributed by atoms with E-state index in [-0.39, 0.29) is 18.2 Å². The molecule has 20 heavy (non-hydrogen) atoms. The van der Waals surface area contributed by atoms with Crippen LogP contribution in [-0.4, -0.2) is 35.0 Å².